The first kappa shape index (κ1) is 25.7. The van der Waals surface area contributed by atoms with Crippen molar-refractivity contribution < 1.29 is 9.84 Å². The van der Waals surface area contributed by atoms with Gasteiger partial charge in [-0.2, -0.15) is 11.3 Å². The van der Waals surface area contributed by atoms with Crippen LogP contribution in [0.25, 0.3) is 0 Å². The first-order valence-electron chi connectivity index (χ1n) is 9.45. The van der Waals surface area contributed by atoms with Crippen molar-refractivity contribution in [2.75, 3.05) is 40.8 Å². The number of nitrogens with zero attached hydrogens (tertiary/aromatic N) is 2. The Morgan fingerprint density at radius 1 is 1.28 bits per heavy atom. The molecular weight excluding hydrogens is 499 g/mol. The highest BCUT2D eigenvalue weighted by Crippen LogP contribution is 2.27. The minimum atomic E-state index is -0.994. The molecule has 0 bridgehead atoms. The van der Waals surface area contributed by atoms with Crippen molar-refractivity contribution in [1.82, 2.24) is 15.5 Å². The van der Waals surface area contributed by atoms with E-state index in [0.29, 0.717) is 12.5 Å². The van der Waals surface area contributed by atoms with Crippen LogP contribution in [0.15, 0.2) is 46.1 Å². The molecule has 2 unspecified atom stereocenters. The fraction of sp³-hybridized carbons (Fsp3) is 0.476. The fourth-order valence-electron chi connectivity index (χ4n) is 2.94. The Balaban J connectivity index is 0.00000420. The van der Waals surface area contributed by atoms with E-state index in [9.17, 15) is 5.11 Å². The Labute approximate surface area is 195 Å². The van der Waals surface area contributed by atoms with E-state index in [1.54, 1.807) is 25.4 Å². The zero-order chi connectivity index (χ0) is 20.6. The van der Waals surface area contributed by atoms with E-state index in [2.05, 4.69) is 26.6 Å². The van der Waals surface area contributed by atoms with Crippen molar-refractivity contribution in [3.05, 3.63) is 52.2 Å². The molecule has 162 valence electrons. The summed E-state index contributed by atoms with van der Waals surface area (Å²) in [5.41, 5.74) is 1.01. The summed E-state index contributed by atoms with van der Waals surface area (Å²) in [6, 6.07) is 10.1. The summed E-state index contributed by atoms with van der Waals surface area (Å²) in [7, 11) is 5.78. The minimum Gasteiger partial charge on any atom is -0.496 e. The number of halogens is 1. The lowest BCUT2D eigenvalue weighted by atomic mass is 10.00. The number of rotatable bonds is 9. The Kier molecular flexibility index (Phi) is 10.9. The Hall–Kier alpha value is -1.36. The molecule has 1 aromatic carbocycles. The number of nitrogens with one attached hydrogen (secondary N) is 2. The van der Waals surface area contributed by atoms with E-state index in [1.165, 1.54) is 0 Å². The Bertz CT molecular complexity index is 751. The van der Waals surface area contributed by atoms with Crippen molar-refractivity contribution in [2.45, 2.75) is 25.5 Å². The largest absolute Gasteiger partial charge is 0.496 e. The van der Waals surface area contributed by atoms with E-state index < -0.39 is 5.60 Å². The molecule has 6 nitrogen and oxygen atoms in total. The molecule has 1 aromatic heterocycles. The average Bonchev–Trinajstić information content (AvgIpc) is 3.22. The van der Waals surface area contributed by atoms with Gasteiger partial charge in [-0.25, -0.2) is 4.99 Å². The molecular formula is C21H33IN4O2S. The third kappa shape index (κ3) is 7.44. The lowest BCUT2D eigenvalue weighted by Crippen LogP contribution is -2.42. The van der Waals surface area contributed by atoms with E-state index in [-0.39, 0.29) is 36.6 Å². The number of hydrogen-bond donors (Lipinski definition) is 3. The summed E-state index contributed by atoms with van der Waals surface area (Å²) in [5, 5.41) is 21.3. The maximum absolute atomic E-state index is 10.7. The van der Waals surface area contributed by atoms with Gasteiger partial charge in [0.1, 0.15) is 11.4 Å². The number of benzene rings is 1. The number of para-hydroxylation sites is 1. The Morgan fingerprint density at radius 3 is 2.59 bits per heavy atom. The molecule has 2 rings (SSSR count). The number of ether oxygens (including phenoxy) is 1. The van der Waals surface area contributed by atoms with Crippen molar-refractivity contribution in [3.8, 4) is 5.75 Å². The monoisotopic (exact) mass is 532 g/mol. The summed E-state index contributed by atoms with van der Waals surface area (Å²) >= 11 is 1.57. The van der Waals surface area contributed by atoms with Gasteiger partial charge in [0.2, 0.25) is 0 Å². The molecule has 0 fully saturated rings. The van der Waals surface area contributed by atoms with Gasteiger partial charge in [-0.05, 0) is 56.4 Å². The summed E-state index contributed by atoms with van der Waals surface area (Å²) in [5.74, 6) is 1.55. The molecule has 0 radical (unpaired) electrons. The number of hydrogen-bond acceptors (Lipinski definition) is 5. The van der Waals surface area contributed by atoms with Gasteiger partial charge in [-0.15, -0.1) is 24.0 Å². The van der Waals surface area contributed by atoms with Crippen molar-refractivity contribution in [3.63, 3.8) is 0 Å². The SMILES string of the molecule is CCNC(=NCC(C)(O)c1ccsc1)NCC(c1ccccc1OC)N(C)C.I. The average molecular weight is 532 g/mol. The van der Waals surface area contributed by atoms with Crippen LogP contribution in [0.2, 0.25) is 0 Å². The van der Waals surface area contributed by atoms with Crippen LogP contribution in [-0.2, 0) is 5.60 Å². The summed E-state index contributed by atoms with van der Waals surface area (Å²) in [6.07, 6.45) is 0. The zero-order valence-electron chi connectivity index (χ0n) is 17.8. The van der Waals surface area contributed by atoms with Gasteiger partial charge in [-0.3, -0.25) is 0 Å². The maximum atomic E-state index is 10.7. The number of likely N-dealkylation sites (N-methyl/N-ethyl adjacent to an activating group) is 1. The number of thiophene rings is 1. The van der Waals surface area contributed by atoms with Crippen LogP contribution < -0.4 is 15.4 Å². The van der Waals surface area contributed by atoms with Crippen LogP contribution in [0.5, 0.6) is 5.75 Å². The molecule has 0 saturated carbocycles. The zero-order valence-corrected chi connectivity index (χ0v) is 21.0. The second kappa shape index (κ2) is 12.4. The summed E-state index contributed by atoms with van der Waals surface area (Å²) in [6.45, 7) is 5.49. The van der Waals surface area contributed by atoms with Crippen molar-refractivity contribution >= 4 is 41.3 Å². The normalized spacial score (nSPS) is 14.7. The van der Waals surface area contributed by atoms with Crippen LogP contribution >= 0.6 is 35.3 Å². The predicted octanol–water partition coefficient (Wildman–Crippen LogP) is 3.44. The smallest absolute Gasteiger partial charge is 0.191 e. The molecule has 2 atom stereocenters. The topological polar surface area (TPSA) is 69.1 Å². The molecule has 2 aromatic rings. The molecule has 0 amide bonds. The van der Waals surface area contributed by atoms with Crippen molar-refractivity contribution in [1.29, 1.82) is 0 Å². The summed E-state index contributed by atoms with van der Waals surface area (Å²) in [4.78, 5) is 6.76. The molecule has 0 aliphatic heterocycles. The van der Waals surface area contributed by atoms with Gasteiger partial charge in [0.25, 0.3) is 0 Å². The number of guanidine groups is 1. The third-order valence-corrected chi connectivity index (χ3v) is 5.30. The lowest BCUT2D eigenvalue weighted by molar-refractivity contribution is 0.0677. The van der Waals surface area contributed by atoms with Crippen molar-refractivity contribution in [2.24, 2.45) is 4.99 Å². The van der Waals surface area contributed by atoms with Crippen LogP contribution in [0.1, 0.15) is 31.0 Å². The molecule has 8 heteroatoms. The van der Waals surface area contributed by atoms with Gasteiger partial charge < -0.3 is 25.4 Å². The number of methoxy groups -OCH3 is 1. The first-order chi connectivity index (χ1) is 13.4. The van der Waals surface area contributed by atoms with Crippen LogP contribution in [-0.4, -0.2) is 56.8 Å². The third-order valence-electron chi connectivity index (χ3n) is 4.62. The molecule has 0 saturated heterocycles. The van der Waals surface area contributed by atoms with Gasteiger partial charge in [-0.1, -0.05) is 18.2 Å². The lowest BCUT2D eigenvalue weighted by Gasteiger charge is -2.27. The van der Waals surface area contributed by atoms with E-state index in [4.69, 9.17) is 4.74 Å². The van der Waals surface area contributed by atoms with Gasteiger partial charge in [0.15, 0.2) is 5.96 Å². The molecule has 0 spiro atoms. The van der Waals surface area contributed by atoms with E-state index in [1.807, 2.05) is 56.0 Å². The van der Waals surface area contributed by atoms with E-state index >= 15 is 0 Å². The second-order valence-corrected chi connectivity index (χ2v) is 7.86. The highest BCUT2D eigenvalue weighted by atomic mass is 127. The standard InChI is InChI=1S/C21H32N4O2S.HI/c1-6-22-20(24-15-21(2,26)16-11-12-28-14-16)23-13-18(25(3)4)17-9-7-8-10-19(17)27-5;/h7-12,14,18,26H,6,13,15H2,1-5H3,(H2,22,23,24);1H. The highest BCUT2D eigenvalue weighted by molar-refractivity contribution is 14.0. The quantitative estimate of drug-likeness (QED) is 0.262. The van der Waals surface area contributed by atoms with Crippen LogP contribution in [0, 0.1) is 0 Å². The summed E-state index contributed by atoms with van der Waals surface area (Å²) < 4.78 is 5.53. The van der Waals surface area contributed by atoms with Gasteiger partial charge in [0, 0.05) is 18.7 Å². The fourth-order valence-corrected chi connectivity index (χ4v) is 3.73. The molecule has 3 N–H and O–H groups in total. The highest BCUT2D eigenvalue weighted by Gasteiger charge is 2.24. The second-order valence-electron chi connectivity index (χ2n) is 7.08. The minimum absolute atomic E-state index is 0. The molecule has 0 aliphatic rings. The Morgan fingerprint density at radius 2 is 2.00 bits per heavy atom. The van der Waals surface area contributed by atoms with E-state index in [0.717, 1.165) is 23.4 Å². The van der Waals surface area contributed by atoms with Gasteiger partial charge >= 0.3 is 0 Å². The van der Waals surface area contributed by atoms with Crippen LogP contribution in [0.3, 0.4) is 0 Å². The number of aliphatic imine (C=N–C) groups is 1. The maximum Gasteiger partial charge on any atom is 0.191 e. The first-order valence-corrected chi connectivity index (χ1v) is 10.4. The predicted molar refractivity (Wildman–Crippen MR) is 133 cm³/mol. The molecule has 0 aliphatic carbocycles. The van der Waals surface area contributed by atoms with Gasteiger partial charge in [0.05, 0.1) is 19.7 Å². The molecule has 1 heterocycles. The molecule has 29 heavy (non-hydrogen) atoms. The van der Waals surface area contributed by atoms with Crippen LogP contribution in [0.4, 0.5) is 0 Å². The number of aliphatic hydroxyl groups is 1.